The standard InChI is InChI=1S/4C24H36O5/c4*1-5-15(3)24(27)29-21-11-14(2)10-17-7-6-16(4)20(23(17)21)9-8-19-12-18(25)13-22(26)28-19/h4*6-7,10,14-16,18-21,23,25H,5,8-9,11-13H2,1-4H3/t3*14-,15-,16-,18+,19?,20-,21?,23-;14-,15-,16-,18+,19?,20-,21-,23-/m0000/s1/i1D3,3D3,5D2,6D,7D,10D,11D2,13D2,14D,15D,16D,25D;1D3,2D3,5D2,6D,7D,10D,11D2,14D,16D;2D3,3D3,6D,7D,10D,11D2,14D,16D;2D3,6D,7D,10D,11D2,14D,16D. The maximum absolute atomic E-state index is 13.7. The molecule has 116 heavy (non-hydrogen) atoms. The lowest BCUT2D eigenvalue weighted by atomic mass is 9.65. The summed E-state index contributed by atoms with van der Waals surface area (Å²) in [6, 6.07) is -9.84. The van der Waals surface area contributed by atoms with Gasteiger partial charge in [0.1, 0.15) is 48.8 Å². The van der Waals surface area contributed by atoms with E-state index in [1.165, 1.54) is 27.7 Å². The van der Waals surface area contributed by atoms with E-state index in [-0.39, 0.29) is 103 Å². The second-order valence-electron chi connectivity index (χ2n) is 30.6. The molecule has 0 aromatic rings. The Morgan fingerprint density at radius 1 is 0.466 bits per heavy atom. The molecule has 4 fully saturated rings. The minimum Gasteiger partial charge on any atom is -0.462 e. The third-order valence-electron chi connectivity index (χ3n) is 22.0. The molecule has 20 nitrogen and oxygen atoms in total. The summed E-state index contributed by atoms with van der Waals surface area (Å²) in [6.45, 7) is -13.3. The number of aliphatic hydroxyl groups excluding tert-OH is 4. The van der Waals surface area contributed by atoms with Crippen LogP contribution in [-0.2, 0) is 76.3 Å². The number of fused-ring (bicyclic) bond motifs is 4. The molecule has 0 aromatic carbocycles. The van der Waals surface area contributed by atoms with Crippen molar-refractivity contribution in [3.63, 3.8) is 0 Å². The fourth-order valence-corrected chi connectivity index (χ4v) is 15.6. The minimum atomic E-state index is -4.21. The summed E-state index contributed by atoms with van der Waals surface area (Å²) in [6.07, 6.45) is -41.9. The lowest BCUT2D eigenvalue weighted by Crippen LogP contribution is -2.42. The number of aliphatic hydroxyl groups is 4. The van der Waals surface area contributed by atoms with Crippen molar-refractivity contribution in [3.05, 3.63) is 94.9 Å². The molecule has 0 amide bonds. The summed E-state index contributed by atoms with van der Waals surface area (Å²) in [5.41, 5.74) is -2.10. The maximum atomic E-state index is 13.7. The van der Waals surface area contributed by atoms with Crippen LogP contribution in [0.25, 0.3) is 0 Å². The lowest BCUT2D eigenvalue weighted by molar-refractivity contribution is -0.162. The van der Waals surface area contributed by atoms with Crippen molar-refractivity contribution in [1.82, 2.24) is 0 Å². The number of hydrogen-bond acceptors (Lipinski definition) is 20. The van der Waals surface area contributed by atoms with Crippen LogP contribution in [0.5, 0.6) is 0 Å². The van der Waals surface area contributed by atoms with Gasteiger partial charge in [0.05, 0.1) is 90.1 Å². The molecule has 12 rings (SSSR count). The summed E-state index contributed by atoms with van der Waals surface area (Å²) in [7, 11) is 0. The predicted octanol–water partition coefficient (Wildman–Crippen LogP) is 16.8. The van der Waals surface area contributed by atoms with Gasteiger partial charge in [-0.25, -0.2) is 0 Å². The second kappa shape index (κ2) is 43.7. The van der Waals surface area contributed by atoms with Gasteiger partial charge in [0.15, 0.2) is 0 Å². The number of carbonyl (C=O) groups excluding carboxylic acids is 8. The van der Waals surface area contributed by atoms with E-state index in [1.54, 1.807) is 13.8 Å². The van der Waals surface area contributed by atoms with Gasteiger partial charge >= 0.3 is 47.8 Å². The van der Waals surface area contributed by atoms with Crippen molar-refractivity contribution in [3.8, 4) is 0 Å². The zero-order valence-electron chi connectivity index (χ0n) is 123. The monoisotopic (exact) mass is 1670 g/mol. The third kappa shape index (κ3) is 25.8. The number of ether oxygens (including phenoxy) is 8. The van der Waals surface area contributed by atoms with E-state index in [0.29, 0.717) is 6.42 Å². The van der Waals surface area contributed by atoms with Gasteiger partial charge in [0.25, 0.3) is 0 Å². The Morgan fingerprint density at radius 2 is 0.784 bits per heavy atom. The molecular formula is C96H144O20. The molecular weight excluding hydrogens is 1470 g/mol. The number of cyclic esters (lactones) is 4. The molecule has 7 unspecified atom stereocenters. The molecule has 0 aromatic heterocycles. The Labute approximate surface area is 772 Å². The molecule has 4 saturated heterocycles. The highest BCUT2D eigenvalue weighted by atomic mass is 16.6. The van der Waals surface area contributed by atoms with Crippen molar-refractivity contribution in [2.45, 2.75) is 337 Å². The average Bonchev–Trinajstić information content (AvgIpc) is 0.679. The number of rotatable bonds is 25. The Kier molecular flexibility index (Phi) is 15.9. The van der Waals surface area contributed by atoms with Gasteiger partial charge in [-0.05, 0) is 196 Å². The normalized spacial score (nSPS) is 54.6. The SMILES string of the molecule is [2H]C1=C([2H])[C@]([2H])(C)[C@H](CCC2C[C@@H](O)CC(=O)O2)[C@@H]2C1=C([2H])[C@]([2H])(C([2H])([2H])[2H])C([2H])([2H])C2OC(=O)[C@@H](C)C([2H])([2H])C([2H])([2H])[2H].[2H]C1=C([2H])[C@]([2H])(C)[C@H](CCC2C[C@@H](O)CC(=O)O2)[C@@H]2C1=C([2H])[C@]([2H])(C([2H])([2H])[2H])C([2H])([2H])C2OC(=O)[C@H](CC)C([2H])([2H])[2H].[2H]C1=C([2H])[C@]([2H])(C)[C@H](CCC2C[C@@H](O)CC(=O)O2)[C@@H]2C1=C([2H])[C@]([2H])(C([2H])([2H])[2H])C([2H])([2H])[C@@H]2OC(=O)[C@@H](C)CC.[2H]O[C@@H]1CC(CC[C@@H]2[C@@H]3C(=C([2H])[C@]([2H])(C)C([2H])([2H])C3OC(=O)[C@@]([2H])(C([2H])([2H])[2H])C([2H])([2H])C([2H])([2H])[2H])C([2H])=C([2H])[C@]2([2H])C)OC(=O)C1([2H])[2H]. The Morgan fingerprint density at radius 3 is 1.10 bits per heavy atom. The molecule has 0 spiro atoms. The van der Waals surface area contributed by atoms with Crippen LogP contribution in [0, 0.1) is 118 Å². The summed E-state index contributed by atoms with van der Waals surface area (Å²) in [4.78, 5) is 101. The first-order valence-electron chi connectivity index (χ1n) is 67.4. The van der Waals surface area contributed by atoms with E-state index in [0.717, 1.165) is 20.8 Å². The van der Waals surface area contributed by atoms with Gasteiger partial charge < -0.3 is 58.3 Å². The molecule has 4 N–H and O–H groups in total. The second-order valence-corrected chi connectivity index (χ2v) is 30.6. The molecule has 4 aliphatic heterocycles. The lowest BCUT2D eigenvalue weighted by Gasteiger charge is -2.43. The fraction of sp³-hybridized carbons (Fsp3) is 0.750. The largest absolute Gasteiger partial charge is 0.462 e. The van der Waals surface area contributed by atoms with Gasteiger partial charge in [0, 0.05) is 110 Å². The number of esters is 8. The topological polar surface area (TPSA) is 291 Å². The van der Waals surface area contributed by atoms with Crippen LogP contribution in [-0.4, -0.2) is 143 Å². The van der Waals surface area contributed by atoms with Crippen LogP contribution in [0.15, 0.2) is 94.9 Å². The summed E-state index contributed by atoms with van der Waals surface area (Å²) < 4.78 is 516. The Bertz CT molecular complexity index is 6320. The molecule has 4 heterocycles. The smallest absolute Gasteiger partial charge is 0.308 e. The van der Waals surface area contributed by atoms with Crippen LogP contribution < -0.4 is 0 Å². The van der Waals surface area contributed by atoms with E-state index in [9.17, 15) is 53.7 Å². The Hall–Kier alpha value is -6.48. The van der Waals surface area contributed by atoms with Crippen molar-refractivity contribution in [1.29, 1.82) is 1.43 Å². The first-order chi connectivity index (χ1) is 77.6. The molecule has 0 saturated carbocycles. The molecule has 0 bridgehead atoms. The highest BCUT2D eigenvalue weighted by Crippen LogP contribution is 2.51. The van der Waals surface area contributed by atoms with Gasteiger partial charge in [-0.3, -0.25) is 38.4 Å². The third-order valence-corrected chi connectivity index (χ3v) is 22.0. The molecule has 12 aliphatic rings. The highest BCUT2D eigenvalue weighted by Gasteiger charge is 2.48. The first kappa shape index (κ1) is 42.3. The number of hydrogen-bond donors (Lipinski definition) is 4. The fourth-order valence-electron chi connectivity index (χ4n) is 15.6. The molecule has 20 heteroatoms. The van der Waals surface area contributed by atoms with Crippen molar-refractivity contribution < 1.29 is 173 Å². The van der Waals surface area contributed by atoms with Gasteiger partial charge in [-0.15, -0.1) is 0 Å². The van der Waals surface area contributed by atoms with Crippen LogP contribution in [0.3, 0.4) is 0 Å². The highest BCUT2D eigenvalue weighted by molar-refractivity contribution is 5.75. The van der Waals surface area contributed by atoms with Gasteiger partial charge in [-0.2, -0.15) is 0 Å². The molecule has 8 aliphatic carbocycles. The van der Waals surface area contributed by atoms with E-state index in [4.69, 9.17) is 116 Å². The summed E-state index contributed by atoms with van der Waals surface area (Å²) >= 11 is 0. The summed E-state index contributed by atoms with van der Waals surface area (Å²) in [5, 5.41) is 34.4. The molecule has 32 atom stereocenters. The average molecular weight is 1680 g/mol. The van der Waals surface area contributed by atoms with E-state index >= 15 is 0 Å². The summed E-state index contributed by atoms with van der Waals surface area (Å²) in [5.74, 6) is -50.7. The first-order valence-corrected chi connectivity index (χ1v) is 39.0. The van der Waals surface area contributed by atoms with Gasteiger partial charge in [-0.1, -0.05) is 183 Å². The predicted molar refractivity (Wildman–Crippen MR) is 443 cm³/mol. The molecule has 648 valence electrons. The van der Waals surface area contributed by atoms with E-state index in [2.05, 4.69) is 5.11 Å². The zero-order chi connectivity index (χ0) is 134. The van der Waals surface area contributed by atoms with Crippen molar-refractivity contribution >= 4 is 47.8 Å². The van der Waals surface area contributed by atoms with Crippen LogP contribution in [0.1, 0.15) is 341 Å². The van der Waals surface area contributed by atoms with Crippen LogP contribution in [0.2, 0.25) is 0 Å². The quantitative estimate of drug-likeness (QED) is 0.0488. The zero-order valence-corrected chi connectivity index (χ0v) is 66.1. The number of carbonyl (C=O) groups is 8. The van der Waals surface area contributed by atoms with Crippen LogP contribution >= 0.6 is 0 Å². The van der Waals surface area contributed by atoms with E-state index < -0.39 is 427 Å². The minimum absolute atomic E-state index is 0.0124. The molecule has 0 radical (unpaired) electrons. The van der Waals surface area contributed by atoms with Crippen molar-refractivity contribution in [2.24, 2.45) is 118 Å². The Balaban J connectivity index is 0.000000253. The van der Waals surface area contributed by atoms with E-state index in [1.807, 2.05) is 0 Å². The van der Waals surface area contributed by atoms with Crippen molar-refractivity contribution in [2.75, 3.05) is 0 Å². The maximum Gasteiger partial charge on any atom is 0.308 e. The van der Waals surface area contributed by atoms with Crippen LogP contribution in [0.4, 0.5) is 0 Å². The number of allylic oxidation sites excluding steroid dienone is 12. The van der Waals surface area contributed by atoms with Gasteiger partial charge in [0.2, 0.25) is 1.43 Å².